The first kappa shape index (κ1) is 25.5. The van der Waals surface area contributed by atoms with Gasteiger partial charge in [-0.25, -0.2) is 0 Å². The Morgan fingerprint density at radius 2 is 1.86 bits per heavy atom. The number of halogens is 3. The van der Waals surface area contributed by atoms with Gasteiger partial charge in [0.15, 0.2) is 11.0 Å². The van der Waals surface area contributed by atoms with E-state index in [1.807, 2.05) is 25.1 Å². The molecular weight excluding hydrogens is 511 g/mol. The van der Waals surface area contributed by atoms with Gasteiger partial charge >= 0.3 is 6.18 Å². The lowest BCUT2D eigenvalue weighted by molar-refractivity contribution is -0.137. The molecule has 4 aromatic rings. The predicted octanol–water partition coefficient (Wildman–Crippen LogP) is 5.32. The van der Waals surface area contributed by atoms with E-state index in [0.717, 1.165) is 29.5 Å². The van der Waals surface area contributed by atoms with Crippen LogP contribution in [0.1, 0.15) is 26.6 Å². The van der Waals surface area contributed by atoms with Gasteiger partial charge in [-0.2, -0.15) is 13.2 Å². The fourth-order valence-electron chi connectivity index (χ4n) is 3.29. The number of nitrogens with zero attached hydrogens (tertiary/aromatic N) is 3. The second kappa shape index (κ2) is 11.0. The highest BCUT2D eigenvalue weighted by atomic mass is 32.2. The Morgan fingerprint density at radius 3 is 2.58 bits per heavy atom. The SMILES string of the molecule is Cc1cccc(NC(=O)CSc2nnc(CNC(=O)c3cccs3)n2-c2cccc(C(F)(F)F)c2)c1. The highest BCUT2D eigenvalue weighted by Crippen LogP contribution is 2.31. The smallest absolute Gasteiger partial charge is 0.344 e. The highest BCUT2D eigenvalue weighted by Gasteiger charge is 2.31. The van der Waals surface area contributed by atoms with Crippen molar-refractivity contribution in [3.05, 3.63) is 87.9 Å². The van der Waals surface area contributed by atoms with E-state index < -0.39 is 11.7 Å². The molecule has 0 radical (unpaired) electrons. The van der Waals surface area contributed by atoms with Crippen LogP contribution in [0.4, 0.5) is 18.9 Å². The summed E-state index contributed by atoms with van der Waals surface area (Å²) in [7, 11) is 0. The quantitative estimate of drug-likeness (QED) is 0.301. The second-order valence-electron chi connectivity index (χ2n) is 7.65. The van der Waals surface area contributed by atoms with Crippen molar-refractivity contribution in [3.8, 4) is 5.69 Å². The van der Waals surface area contributed by atoms with Crippen LogP contribution in [0.2, 0.25) is 0 Å². The zero-order chi connectivity index (χ0) is 25.7. The number of aromatic nitrogens is 3. The van der Waals surface area contributed by atoms with Crippen LogP contribution >= 0.6 is 23.1 Å². The van der Waals surface area contributed by atoms with Crippen molar-refractivity contribution < 1.29 is 22.8 Å². The molecule has 0 fully saturated rings. The molecule has 0 spiro atoms. The van der Waals surface area contributed by atoms with E-state index in [-0.39, 0.29) is 40.8 Å². The molecular formula is C24H20F3N5O2S2. The number of carbonyl (C=O) groups excluding carboxylic acids is 2. The van der Waals surface area contributed by atoms with E-state index in [1.54, 1.807) is 23.6 Å². The molecule has 2 heterocycles. The molecule has 2 amide bonds. The fourth-order valence-corrected chi connectivity index (χ4v) is 4.70. The average Bonchev–Trinajstić information content (AvgIpc) is 3.51. The number of benzene rings is 2. The van der Waals surface area contributed by atoms with Gasteiger partial charge in [0, 0.05) is 5.69 Å². The molecule has 0 unspecified atom stereocenters. The van der Waals surface area contributed by atoms with Crippen LogP contribution in [0.5, 0.6) is 0 Å². The molecule has 2 N–H and O–H groups in total. The van der Waals surface area contributed by atoms with Gasteiger partial charge in [0.1, 0.15) is 0 Å². The number of rotatable bonds is 8. The number of hydrogen-bond acceptors (Lipinski definition) is 6. The van der Waals surface area contributed by atoms with E-state index >= 15 is 0 Å². The zero-order valence-corrected chi connectivity index (χ0v) is 20.5. The van der Waals surface area contributed by atoms with Gasteiger partial charge in [-0.05, 0) is 54.3 Å². The van der Waals surface area contributed by atoms with Crippen LogP contribution < -0.4 is 10.6 Å². The number of hydrogen-bond donors (Lipinski definition) is 2. The number of alkyl halides is 3. The van der Waals surface area contributed by atoms with Crippen molar-refractivity contribution in [1.29, 1.82) is 0 Å². The Hall–Kier alpha value is -3.64. The lowest BCUT2D eigenvalue weighted by Crippen LogP contribution is -2.24. The van der Waals surface area contributed by atoms with Crippen LogP contribution in [0.3, 0.4) is 0 Å². The summed E-state index contributed by atoms with van der Waals surface area (Å²) in [5, 5.41) is 15.6. The molecule has 186 valence electrons. The third-order valence-electron chi connectivity index (χ3n) is 4.92. The zero-order valence-electron chi connectivity index (χ0n) is 18.9. The maximum Gasteiger partial charge on any atom is 0.416 e. The maximum atomic E-state index is 13.4. The predicted molar refractivity (Wildman–Crippen MR) is 132 cm³/mol. The third-order valence-corrected chi connectivity index (χ3v) is 6.72. The first-order valence-electron chi connectivity index (χ1n) is 10.6. The first-order valence-corrected chi connectivity index (χ1v) is 12.5. The highest BCUT2D eigenvalue weighted by molar-refractivity contribution is 7.99. The van der Waals surface area contributed by atoms with Gasteiger partial charge in [0.2, 0.25) is 5.91 Å². The number of carbonyl (C=O) groups is 2. The van der Waals surface area contributed by atoms with Gasteiger partial charge in [0.25, 0.3) is 5.91 Å². The van der Waals surface area contributed by atoms with Crippen molar-refractivity contribution in [2.24, 2.45) is 0 Å². The Labute approximate surface area is 212 Å². The molecule has 4 rings (SSSR count). The van der Waals surface area contributed by atoms with E-state index in [4.69, 9.17) is 0 Å². The summed E-state index contributed by atoms with van der Waals surface area (Å²) in [5.74, 6) is -0.472. The normalized spacial score (nSPS) is 11.3. The first-order chi connectivity index (χ1) is 17.2. The van der Waals surface area contributed by atoms with Crippen LogP contribution in [0.25, 0.3) is 5.69 Å². The van der Waals surface area contributed by atoms with Gasteiger partial charge in [-0.3, -0.25) is 14.2 Å². The summed E-state index contributed by atoms with van der Waals surface area (Å²) in [4.78, 5) is 25.3. The summed E-state index contributed by atoms with van der Waals surface area (Å²) in [5.41, 5.74) is 0.947. The second-order valence-corrected chi connectivity index (χ2v) is 9.54. The summed E-state index contributed by atoms with van der Waals surface area (Å²) in [6.45, 7) is 1.83. The summed E-state index contributed by atoms with van der Waals surface area (Å²) in [6, 6.07) is 15.4. The Kier molecular flexibility index (Phi) is 7.75. The van der Waals surface area contributed by atoms with Crippen molar-refractivity contribution in [2.45, 2.75) is 24.8 Å². The van der Waals surface area contributed by atoms with Crippen LogP contribution in [0, 0.1) is 6.92 Å². The Balaban J connectivity index is 1.57. The monoisotopic (exact) mass is 531 g/mol. The number of nitrogens with one attached hydrogen (secondary N) is 2. The summed E-state index contributed by atoms with van der Waals surface area (Å²) < 4.78 is 41.5. The number of anilines is 1. The van der Waals surface area contributed by atoms with Crippen molar-refractivity contribution in [1.82, 2.24) is 20.1 Å². The minimum atomic E-state index is -4.54. The third kappa shape index (κ3) is 6.32. The van der Waals surface area contributed by atoms with Gasteiger partial charge in [-0.1, -0.05) is 36.0 Å². The summed E-state index contributed by atoms with van der Waals surface area (Å²) >= 11 is 2.29. The molecule has 2 aromatic heterocycles. The van der Waals surface area contributed by atoms with Crippen LogP contribution in [-0.2, 0) is 17.5 Å². The molecule has 0 aliphatic carbocycles. The summed E-state index contributed by atoms with van der Waals surface area (Å²) in [6.07, 6.45) is -4.54. The Morgan fingerprint density at radius 1 is 1.06 bits per heavy atom. The van der Waals surface area contributed by atoms with Crippen LogP contribution in [-0.4, -0.2) is 32.3 Å². The van der Waals surface area contributed by atoms with E-state index in [1.165, 1.54) is 28.0 Å². The van der Waals surface area contributed by atoms with Gasteiger partial charge in [-0.15, -0.1) is 21.5 Å². The number of thioether (sulfide) groups is 1. The molecule has 0 saturated carbocycles. The molecule has 7 nitrogen and oxygen atoms in total. The standard InChI is InChI=1S/C24H20F3N5O2S2/c1-15-5-2-7-17(11-15)29-21(33)14-36-23-31-30-20(13-28-22(34)19-9-4-10-35-19)32(23)18-8-3-6-16(12-18)24(25,26)27/h2-12H,13-14H2,1H3,(H,28,34)(H,29,33). The molecule has 0 aliphatic rings. The van der Waals surface area contributed by atoms with Gasteiger partial charge < -0.3 is 10.6 Å². The van der Waals surface area contributed by atoms with E-state index in [0.29, 0.717) is 10.6 Å². The number of aryl methyl sites for hydroxylation is 1. The molecule has 0 atom stereocenters. The van der Waals surface area contributed by atoms with E-state index in [2.05, 4.69) is 20.8 Å². The van der Waals surface area contributed by atoms with Crippen molar-refractivity contribution >= 4 is 40.6 Å². The minimum absolute atomic E-state index is 0.0490. The molecule has 36 heavy (non-hydrogen) atoms. The number of amides is 2. The molecule has 0 bridgehead atoms. The van der Waals surface area contributed by atoms with Crippen LogP contribution in [0.15, 0.2) is 71.2 Å². The molecule has 0 aliphatic heterocycles. The van der Waals surface area contributed by atoms with E-state index in [9.17, 15) is 22.8 Å². The Bertz CT molecular complexity index is 1370. The maximum absolute atomic E-state index is 13.4. The molecule has 2 aromatic carbocycles. The molecule has 12 heteroatoms. The topological polar surface area (TPSA) is 88.9 Å². The lowest BCUT2D eigenvalue weighted by atomic mass is 10.2. The lowest BCUT2D eigenvalue weighted by Gasteiger charge is -2.13. The largest absolute Gasteiger partial charge is 0.416 e. The fraction of sp³-hybridized carbons (Fsp3) is 0.167. The molecule has 0 saturated heterocycles. The van der Waals surface area contributed by atoms with Crippen molar-refractivity contribution in [3.63, 3.8) is 0 Å². The van der Waals surface area contributed by atoms with Crippen molar-refractivity contribution in [2.75, 3.05) is 11.1 Å². The average molecular weight is 532 g/mol. The van der Waals surface area contributed by atoms with Gasteiger partial charge in [0.05, 0.1) is 28.4 Å². The minimum Gasteiger partial charge on any atom is -0.344 e. The number of thiophene rings is 1.